The van der Waals surface area contributed by atoms with Crippen LogP contribution in [0.15, 0.2) is 140 Å². The molecule has 1 heteroatoms. The van der Waals surface area contributed by atoms with Gasteiger partial charge in [0.05, 0.1) is 0 Å². The zero-order valence-corrected chi connectivity index (χ0v) is 27.3. The number of aromatic nitrogens is 1. The van der Waals surface area contributed by atoms with Crippen LogP contribution in [0.4, 0.5) is 0 Å². The average molecular weight is 576 g/mol. The third-order valence-electron chi connectivity index (χ3n) is 7.67. The van der Waals surface area contributed by atoms with Gasteiger partial charge in [0.1, 0.15) is 0 Å². The summed E-state index contributed by atoms with van der Waals surface area (Å²) in [5.41, 5.74) is 13.9. The molecule has 0 saturated heterocycles. The van der Waals surface area contributed by atoms with Gasteiger partial charge in [0.25, 0.3) is 0 Å². The number of nitrogens with one attached hydrogen (secondary N) is 1. The Labute approximate surface area is 264 Å². The molecular formula is C43H45N. The van der Waals surface area contributed by atoms with E-state index in [2.05, 4.69) is 147 Å². The number of H-pyrrole nitrogens is 1. The van der Waals surface area contributed by atoms with E-state index in [1.165, 1.54) is 71.9 Å². The fourth-order valence-electron chi connectivity index (χ4n) is 5.38. The maximum absolute atomic E-state index is 3.51. The highest BCUT2D eigenvalue weighted by Crippen LogP contribution is 2.34. The molecule has 0 aliphatic rings. The Kier molecular flexibility index (Phi) is 11.3. The highest BCUT2D eigenvalue weighted by Gasteiger charge is 2.09. The molecule has 1 aromatic heterocycles. The molecule has 0 spiro atoms. The third-order valence-corrected chi connectivity index (χ3v) is 7.67. The predicted octanol–water partition coefficient (Wildman–Crippen LogP) is 13.0. The maximum atomic E-state index is 3.51. The van der Waals surface area contributed by atoms with Crippen LogP contribution in [0.5, 0.6) is 0 Å². The SMILES string of the molecule is CC.CC.Cc1ccccc1.Cc1ccccc1-c1cc(-c2ccc(-c3ccc4[nH]c5ccccc5c4c3)cc2)ccc1C. The first kappa shape index (κ1) is 32.0. The van der Waals surface area contributed by atoms with Crippen LogP contribution in [0.2, 0.25) is 0 Å². The van der Waals surface area contributed by atoms with Crippen LogP contribution in [0.1, 0.15) is 44.4 Å². The van der Waals surface area contributed by atoms with Crippen molar-refractivity contribution in [3.63, 3.8) is 0 Å². The number of para-hydroxylation sites is 1. The second-order valence-corrected chi connectivity index (χ2v) is 10.5. The first-order valence-electron chi connectivity index (χ1n) is 15.9. The highest BCUT2D eigenvalue weighted by molar-refractivity contribution is 6.08. The Balaban J connectivity index is 0.000000347. The van der Waals surface area contributed by atoms with E-state index in [1.54, 1.807) is 0 Å². The van der Waals surface area contributed by atoms with Crippen molar-refractivity contribution in [1.82, 2.24) is 4.98 Å². The van der Waals surface area contributed by atoms with Crippen molar-refractivity contribution in [2.24, 2.45) is 0 Å². The lowest BCUT2D eigenvalue weighted by atomic mass is 9.92. The summed E-state index contributed by atoms with van der Waals surface area (Å²) in [6.45, 7) is 14.5. The van der Waals surface area contributed by atoms with Crippen molar-refractivity contribution in [1.29, 1.82) is 0 Å². The molecule has 44 heavy (non-hydrogen) atoms. The van der Waals surface area contributed by atoms with Crippen molar-refractivity contribution in [2.75, 3.05) is 0 Å². The lowest BCUT2D eigenvalue weighted by Crippen LogP contribution is -1.88. The molecule has 0 fully saturated rings. The topological polar surface area (TPSA) is 15.8 Å². The molecule has 0 atom stereocenters. The van der Waals surface area contributed by atoms with Crippen LogP contribution < -0.4 is 0 Å². The molecule has 222 valence electrons. The van der Waals surface area contributed by atoms with E-state index in [0.717, 1.165) is 0 Å². The van der Waals surface area contributed by atoms with Crippen LogP contribution >= 0.6 is 0 Å². The fourth-order valence-corrected chi connectivity index (χ4v) is 5.38. The van der Waals surface area contributed by atoms with Crippen molar-refractivity contribution in [2.45, 2.75) is 48.5 Å². The third kappa shape index (κ3) is 7.36. The van der Waals surface area contributed by atoms with Gasteiger partial charge in [-0.1, -0.05) is 149 Å². The number of hydrogen-bond donors (Lipinski definition) is 1. The summed E-state index contributed by atoms with van der Waals surface area (Å²) < 4.78 is 0. The van der Waals surface area contributed by atoms with Crippen LogP contribution in [-0.4, -0.2) is 4.98 Å². The molecule has 1 heterocycles. The van der Waals surface area contributed by atoms with Crippen LogP contribution in [0, 0.1) is 20.8 Å². The second-order valence-electron chi connectivity index (χ2n) is 10.5. The first-order chi connectivity index (χ1) is 21.6. The Morgan fingerprint density at radius 1 is 0.364 bits per heavy atom. The van der Waals surface area contributed by atoms with Gasteiger partial charge < -0.3 is 4.98 Å². The lowest BCUT2D eigenvalue weighted by Gasteiger charge is -2.12. The minimum Gasteiger partial charge on any atom is -0.355 e. The maximum Gasteiger partial charge on any atom is 0.0465 e. The van der Waals surface area contributed by atoms with Crippen molar-refractivity contribution in [3.8, 4) is 33.4 Å². The predicted molar refractivity (Wildman–Crippen MR) is 195 cm³/mol. The van der Waals surface area contributed by atoms with Crippen molar-refractivity contribution >= 4 is 21.8 Å². The van der Waals surface area contributed by atoms with E-state index in [1.807, 2.05) is 45.9 Å². The Hall–Kier alpha value is -4.88. The number of aryl methyl sites for hydroxylation is 3. The number of fused-ring (bicyclic) bond motifs is 3. The number of benzene rings is 6. The Morgan fingerprint density at radius 3 is 1.50 bits per heavy atom. The van der Waals surface area contributed by atoms with Gasteiger partial charge in [-0.15, -0.1) is 0 Å². The summed E-state index contributed by atoms with van der Waals surface area (Å²) in [6, 6.07) is 49.8. The zero-order valence-electron chi connectivity index (χ0n) is 27.3. The van der Waals surface area contributed by atoms with E-state index >= 15 is 0 Å². The zero-order chi connectivity index (χ0) is 31.5. The van der Waals surface area contributed by atoms with Gasteiger partial charge in [0, 0.05) is 21.8 Å². The molecule has 0 amide bonds. The normalized spacial score (nSPS) is 10.2. The standard InChI is InChI=1S/C32H25N.C7H8.2C2H6/c1-21-7-3-4-8-27(21)29-19-25(12-11-22(29)2)23-13-15-24(16-14-23)26-17-18-32-30(20-26)28-9-5-6-10-31(28)33-32;1-7-5-3-2-4-6-7;2*1-2/h3-20,33H,1-2H3;2-6H,1H3;2*1-2H3. The monoisotopic (exact) mass is 575 g/mol. The molecule has 7 aromatic rings. The number of rotatable bonds is 3. The van der Waals surface area contributed by atoms with E-state index in [0.29, 0.717) is 0 Å². The molecule has 6 aromatic carbocycles. The van der Waals surface area contributed by atoms with E-state index in [-0.39, 0.29) is 0 Å². The molecule has 7 rings (SSSR count). The van der Waals surface area contributed by atoms with Gasteiger partial charge in [-0.25, -0.2) is 0 Å². The summed E-state index contributed by atoms with van der Waals surface area (Å²) in [5.74, 6) is 0. The van der Waals surface area contributed by atoms with Gasteiger partial charge in [-0.2, -0.15) is 0 Å². The summed E-state index contributed by atoms with van der Waals surface area (Å²) in [7, 11) is 0. The first-order valence-corrected chi connectivity index (χ1v) is 15.9. The quantitative estimate of drug-likeness (QED) is 0.216. The van der Waals surface area contributed by atoms with Gasteiger partial charge in [-0.3, -0.25) is 0 Å². The summed E-state index contributed by atoms with van der Waals surface area (Å²) in [5, 5.41) is 2.54. The lowest BCUT2D eigenvalue weighted by molar-refractivity contribution is 1.41. The second kappa shape index (κ2) is 15.5. The summed E-state index contributed by atoms with van der Waals surface area (Å²) in [6.07, 6.45) is 0. The highest BCUT2D eigenvalue weighted by atomic mass is 14.7. The van der Waals surface area contributed by atoms with Crippen LogP contribution in [0.3, 0.4) is 0 Å². The van der Waals surface area contributed by atoms with E-state index < -0.39 is 0 Å². The minimum absolute atomic E-state index is 1.18. The molecule has 0 unspecified atom stereocenters. The molecule has 1 N–H and O–H groups in total. The minimum atomic E-state index is 1.18. The number of hydrogen-bond acceptors (Lipinski definition) is 0. The number of aromatic amines is 1. The van der Waals surface area contributed by atoms with Crippen LogP contribution in [-0.2, 0) is 0 Å². The molecule has 1 nitrogen and oxygen atoms in total. The van der Waals surface area contributed by atoms with E-state index in [4.69, 9.17) is 0 Å². The average Bonchev–Trinajstić information content (AvgIpc) is 3.46. The van der Waals surface area contributed by atoms with E-state index in [9.17, 15) is 0 Å². The molecule has 0 aliphatic carbocycles. The largest absolute Gasteiger partial charge is 0.355 e. The molecular weight excluding hydrogens is 530 g/mol. The van der Waals surface area contributed by atoms with Crippen molar-refractivity contribution in [3.05, 3.63) is 156 Å². The van der Waals surface area contributed by atoms with Gasteiger partial charge >= 0.3 is 0 Å². The van der Waals surface area contributed by atoms with Crippen molar-refractivity contribution < 1.29 is 0 Å². The van der Waals surface area contributed by atoms with Gasteiger partial charge in [0.15, 0.2) is 0 Å². The molecule has 0 bridgehead atoms. The molecule has 0 saturated carbocycles. The summed E-state index contributed by atoms with van der Waals surface area (Å²) >= 11 is 0. The molecule has 0 radical (unpaired) electrons. The van der Waals surface area contributed by atoms with Gasteiger partial charge in [-0.05, 0) is 89.5 Å². The Morgan fingerprint density at radius 2 is 0.864 bits per heavy atom. The molecule has 0 aliphatic heterocycles. The van der Waals surface area contributed by atoms with Crippen LogP contribution in [0.25, 0.3) is 55.2 Å². The summed E-state index contributed by atoms with van der Waals surface area (Å²) in [4.78, 5) is 3.51. The fraction of sp³-hybridized carbons (Fsp3) is 0.163. The Bertz CT molecular complexity index is 1910. The smallest absolute Gasteiger partial charge is 0.0465 e. The van der Waals surface area contributed by atoms with Gasteiger partial charge in [0.2, 0.25) is 0 Å².